The van der Waals surface area contributed by atoms with E-state index in [4.69, 9.17) is 16.3 Å². The number of para-hydroxylation sites is 1. The third-order valence-corrected chi connectivity index (χ3v) is 3.92. The summed E-state index contributed by atoms with van der Waals surface area (Å²) in [5, 5.41) is 0.662. The SMILES string of the molecule is CCOCCn1c(=NC(C)=O)sc2cccc(Cl)c21. The Hall–Kier alpha value is -1.17. The molecular weight excluding hydrogens is 284 g/mol. The predicted octanol–water partition coefficient (Wildman–Crippen LogP) is 2.84. The van der Waals surface area contributed by atoms with Gasteiger partial charge >= 0.3 is 0 Å². The Morgan fingerprint density at radius 1 is 1.53 bits per heavy atom. The normalized spacial score (nSPS) is 12.3. The molecule has 0 saturated heterocycles. The number of amides is 1. The quantitative estimate of drug-likeness (QED) is 0.815. The average Bonchev–Trinajstić information content (AvgIpc) is 2.68. The lowest BCUT2D eigenvalue weighted by Gasteiger charge is -2.06. The van der Waals surface area contributed by atoms with Crippen LogP contribution in [0.4, 0.5) is 0 Å². The number of benzene rings is 1. The van der Waals surface area contributed by atoms with Crippen molar-refractivity contribution in [3.63, 3.8) is 0 Å². The molecule has 0 saturated carbocycles. The molecule has 0 unspecified atom stereocenters. The number of hydrogen-bond acceptors (Lipinski definition) is 3. The highest BCUT2D eigenvalue weighted by Crippen LogP contribution is 2.25. The summed E-state index contributed by atoms with van der Waals surface area (Å²) >= 11 is 7.70. The van der Waals surface area contributed by atoms with Crippen LogP contribution in [0.15, 0.2) is 23.2 Å². The maximum atomic E-state index is 11.2. The number of rotatable bonds is 4. The first-order valence-corrected chi connectivity index (χ1v) is 7.23. The van der Waals surface area contributed by atoms with Gasteiger partial charge in [0.05, 0.1) is 21.8 Å². The van der Waals surface area contributed by atoms with Gasteiger partial charge in [0.15, 0.2) is 4.80 Å². The molecular formula is C13H15ClN2O2S. The fourth-order valence-electron chi connectivity index (χ4n) is 1.81. The summed E-state index contributed by atoms with van der Waals surface area (Å²) in [5.74, 6) is -0.215. The number of fused-ring (bicyclic) bond motifs is 1. The highest BCUT2D eigenvalue weighted by molar-refractivity contribution is 7.16. The number of halogens is 1. The van der Waals surface area contributed by atoms with Crippen molar-refractivity contribution in [2.45, 2.75) is 20.4 Å². The van der Waals surface area contributed by atoms with Crippen LogP contribution in [0, 0.1) is 0 Å². The molecule has 1 amide bonds. The molecule has 0 aliphatic rings. The smallest absolute Gasteiger partial charge is 0.245 e. The van der Waals surface area contributed by atoms with Crippen LogP contribution < -0.4 is 4.80 Å². The maximum absolute atomic E-state index is 11.2. The molecule has 0 aliphatic heterocycles. The summed E-state index contributed by atoms with van der Waals surface area (Å²) in [7, 11) is 0. The molecule has 1 aromatic heterocycles. The highest BCUT2D eigenvalue weighted by Gasteiger charge is 2.09. The summed E-state index contributed by atoms with van der Waals surface area (Å²) in [6, 6.07) is 5.71. The van der Waals surface area contributed by atoms with Crippen molar-refractivity contribution < 1.29 is 9.53 Å². The summed E-state index contributed by atoms with van der Waals surface area (Å²) < 4.78 is 8.33. The molecule has 6 heteroatoms. The van der Waals surface area contributed by atoms with E-state index >= 15 is 0 Å². The minimum absolute atomic E-state index is 0.215. The second-order valence-corrected chi connectivity index (χ2v) is 5.37. The van der Waals surface area contributed by atoms with Gasteiger partial charge in [-0.1, -0.05) is 29.0 Å². The Balaban J connectivity index is 2.57. The van der Waals surface area contributed by atoms with Crippen LogP contribution in [0.25, 0.3) is 10.2 Å². The van der Waals surface area contributed by atoms with Gasteiger partial charge in [-0.05, 0) is 19.1 Å². The van der Waals surface area contributed by atoms with Gasteiger partial charge in [-0.15, -0.1) is 0 Å². The molecule has 0 spiro atoms. The first-order valence-electron chi connectivity index (χ1n) is 6.04. The van der Waals surface area contributed by atoms with Gasteiger partial charge in [0.25, 0.3) is 0 Å². The van der Waals surface area contributed by atoms with Crippen molar-refractivity contribution in [2.75, 3.05) is 13.2 Å². The number of ether oxygens (including phenoxy) is 1. The molecule has 0 N–H and O–H groups in total. The fraction of sp³-hybridized carbons (Fsp3) is 0.385. The average molecular weight is 299 g/mol. The van der Waals surface area contributed by atoms with Gasteiger partial charge in [-0.2, -0.15) is 4.99 Å². The molecule has 0 fully saturated rings. The molecule has 0 radical (unpaired) electrons. The van der Waals surface area contributed by atoms with Gasteiger partial charge in [0.2, 0.25) is 5.91 Å². The Kier molecular flexibility index (Phi) is 4.74. The molecule has 1 aromatic carbocycles. The number of aromatic nitrogens is 1. The van der Waals surface area contributed by atoms with Crippen molar-refractivity contribution in [1.29, 1.82) is 0 Å². The third-order valence-electron chi connectivity index (χ3n) is 2.57. The topological polar surface area (TPSA) is 43.6 Å². The summed E-state index contributed by atoms with van der Waals surface area (Å²) in [5.41, 5.74) is 0.911. The lowest BCUT2D eigenvalue weighted by Crippen LogP contribution is -2.19. The molecule has 2 rings (SSSR count). The van der Waals surface area contributed by atoms with Gasteiger partial charge in [-0.3, -0.25) is 4.79 Å². The van der Waals surface area contributed by atoms with E-state index in [2.05, 4.69) is 4.99 Å². The monoisotopic (exact) mass is 298 g/mol. The van der Waals surface area contributed by atoms with E-state index < -0.39 is 0 Å². The van der Waals surface area contributed by atoms with Crippen LogP contribution in [-0.2, 0) is 16.1 Å². The minimum atomic E-state index is -0.215. The van der Waals surface area contributed by atoms with E-state index in [9.17, 15) is 4.79 Å². The third kappa shape index (κ3) is 3.23. The molecule has 1 heterocycles. The molecule has 102 valence electrons. The van der Waals surface area contributed by atoms with Gasteiger partial charge in [0, 0.05) is 20.1 Å². The first kappa shape index (κ1) is 14.2. The fourth-order valence-corrected chi connectivity index (χ4v) is 3.27. The van der Waals surface area contributed by atoms with Crippen LogP contribution in [0.5, 0.6) is 0 Å². The van der Waals surface area contributed by atoms with E-state index in [-0.39, 0.29) is 5.91 Å². The second kappa shape index (κ2) is 6.32. The highest BCUT2D eigenvalue weighted by atomic mass is 35.5. The van der Waals surface area contributed by atoms with E-state index in [1.54, 1.807) is 0 Å². The Morgan fingerprint density at radius 2 is 2.32 bits per heavy atom. The Morgan fingerprint density at radius 3 is 3.00 bits per heavy atom. The van der Waals surface area contributed by atoms with Crippen molar-refractivity contribution in [2.24, 2.45) is 4.99 Å². The van der Waals surface area contributed by atoms with Crippen LogP contribution in [-0.4, -0.2) is 23.7 Å². The van der Waals surface area contributed by atoms with E-state index in [0.717, 1.165) is 10.2 Å². The number of thiazole rings is 1. The summed E-state index contributed by atoms with van der Waals surface area (Å²) in [4.78, 5) is 15.9. The van der Waals surface area contributed by atoms with Gasteiger partial charge in [0.1, 0.15) is 0 Å². The lowest BCUT2D eigenvalue weighted by atomic mass is 10.3. The molecule has 0 bridgehead atoms. The number of hydrogen-bond donors (Lipinski definition) is 0. The van der Waals surface area contributed by atoms with Crippen molar-refractivity contribution in [3.05, 3.63) is 28.0 Å². The zero-order valence-electron chi connectivity index (χ0n) is 10.9. The first-order chi connectivity index (χ1) is 9.13. The van der Waals surface area contributed by atoms with Crippen molar-refractivity contribution in [3.8, 4) is 0 Å². The summed E-state index contributed by atoms with van der Waals surface area (Å²) in [6.45, 7) is 5.25. The molecule has 2 aromatic rings. The predicted molar refractivity (Wildman–Crippen MR) is 77.6 cm³/mol. The summed E-state index contributed by atoms with van der Waals surface area (Å²) in [6.07, 6.45) is 0. The van der Waals surface area contributed by atoms with E-state index in [1.807, 2.05) is 29.7 Å². The van der Waals surface area contributed by atoms with Crippen LogP contribution in [0.2, 0.25) is 5.02 Å². The Bertz CT molecular complexity index is 660. The number of carbonyl (C=O) groups is 1. The lowest BCUT2D eigenvalue weighted by molar-refractivity contribution is -0.116. The molecule has 0 aliphatic carbocycles. The molecule has 0 atom stereocenters. The molecule has 4 nitrogen and oxygen atoms in total. The largest absolute Gasteiger partial charge is 0.380 e. The second-order valence-electron chi connectivity index (χ2n) is 3.95. The zero-order valence-corrected chi connectivity index (χ0v) is 12.4. The molecule has 19 heavy (non-hydrogen) atoms. The van der Waals surface area contributed by atoms with E-state index in [1.165, 1.54) is 18.3 Å². The van der Waals surface area contributed by atoms with E-state index in [0.29, 0.717) is 29.6 Å². The van der Waals surface area contributed by atoms with Crippen LogP contribution >= 0.6 is 22.9 Å². The number of nitrogens with zero attached hydrogens (tertiary/aromatic N) is 2. The van der Waals surface area contributed by atoms with Gasteiger partial charge < -0.3 is 9.30 Å². The standard InChI is InChI=1S/C13H15ClN2O2S/c1-3-18-8-7-16-12-10(14)5-4-6-11(12)19-13(16)15-9(2)17/h4-6H,3,7-8H2,1-2H3. The van der Waals surface area contributed by atoms with Crippen LogP contribution in [0.3, 0.4) is 0 Å². The maximum Gasteiger partial charge on any atom is 0.245 e. The zero-order chi connectivity index (χ0) is 13.8. The van der Waals surface area contributed by atoms with Crippen molar-refractivity contribution in [1.82, 2.24) is 4.57 Å². The van der Waals surface area contributed by atoms with Crippen LogP contribution in [0.1, 0.15) is 13.8 Å². The number of carbonyl (C=O) groups excluding carboxylic acids is 1. The van der Waals surface area contributed by atoms with Gasteiger partial charge in [-0.25, -0.2) is 0 Å². The Labute approximate surface area is 120 Å². The van der Waals surface area contributed by atoms with Crippen molar-refractivity contribution >= 4 is 39.1 Å². The minimum Gasteiger partial charge on any atom is -0.380 e.